The Hall–Kier alpha value is -1.29. The van der Waals surface area contributed by atoms with Gasteiger partial charge in [0.2, 0.25) is 5.95 Å². The first-order chi connectivity index (χ1) is 7.33. The van der Waals surface area contributed by atoms with Gasteiger partial charge in [0, 0.05) is 18.9 Å². The molecule has 0 aliphatic rings. The van der Waals surface area contributed by atoms with Crippen molar-refractivity contribution in [3.05, 3.63) is 34.8 Å². The lowest BCUT2D eigenvalue weighted by Crippen LogP contribution is -2.10. The molecule has 0 fully saturated rings. The molecule has 1 unspecified atom stereocenters. The number of anilines is 1. The van der Waals surface area contributed by atoms with Crippen LogP contribution in [0.3, 0.4) is 0 Å². The predicted molar refractivity (Wildman–Crippen MR) is 64.5 cm³/mol. The lowest BCUT2D eigenvalue weighted by Gasteiger charge is -2.15. The van der Waals surface area contributed by atoms with Crippen LogP contribution in [0.4, 0.5) is 5.95 Å². The molecule has 1 N–H and O–H groups in total. The molecule has 4 heteroatoms. The maximum Gasteiger partial charge on any atom is 0.203 e. The smallest absolute Gasteiger partial charge is 0.203 e. The zero-order chi connectivity index (χ0) is 10.7. The lowest BCUT2D eigenvalue weighted by molar-refractivity contribution is 0.646. The van der Waals surface area contributed by atoms with Crippen molar-refractivity contribution in [1.29, 1.82) is 0 Å². The van der Waals surface area contributed by atoms with Gasteiger partial charge in [-0.15, -0.1) is 0 Å². The molecule has 3 nitrogen and oxygen atoms in total. The van der Waals surface area contributed by atoms with E-state index in [1.165, 1.54) is 5.56 Å². The minimum Gasteiger partial charge on any atom is -0.356 e. The summed E-state index contributed by atoms with van der Waals surface area (Å²) in [5.41, 5.74) is 1.33. The summed E-state index contributed by atoms with van der Waals surface area (Å²) in [6.45, 7) is 5.16. The molecule has 15 heavy (non-hydrogen) atoms. The van der Waals surface area contributed by atoms with Crippen LogP contribution < -0.4 is 5.32 Å². The fourth-order valence-corrected chi connectivity index (χ4v) is 2.34. The molecule has 0 aromatic carbocycles. The van der Waals surface area contributed by atoms with Crippen LogP contribution in [-0.4, -0.2) is 16.1 Å². The summed E-state index contributed by atoms with van der Waals surface area (Å²) in [5.74, 6) is 0.941. The Morgan fingerprint density at radius 2 is 2.47 bits per heavy atom. The van der Waals surface area contributed by atoms with Gasteiger partial charge < -0.3 is 9.88 Å². The molecule has 0 saturated heterocycles. The normalized spacial score (nSPS) is 12.7. The quantitative estimate of drug-likeness (QED) is 0.860. The van der Waals surface area contributed by atoms with Crippen molar-refractivity contribution in [2.75, 3.05) is 11.9 Å². The van der Waals surface area contributed by atoms with Crippen LogP contribution in [0, 0.1) is 0 Å². The summed E-state index contributed by atoms with van der Waals surface area (Å²) >= 11 is 1.73. The van der Waals surface area contributed by atoms with Gasteiger partial charge in [-0.3, -0.25) is 0 Å². The van der Waals surface area contributed by atoms with Gasteiger partial charge >= 0.3 is 0 Å². The summed E-state index contributed by atoms with van der Waals surface area (Å²) in [5, 5.41) is 7.54. The van der Waals surface area contributed by atoms with E-state index in [4.69, 9.17) is 0 Å². The molecule has 2 aromatic rings. The second-order valence-electron chi connectivity index (χ2n) is 3.42. The highest BCUT2D eigenvalue weighted by Crippen LogP contribution is 2.23. The Bertz CT molecular complexity index is 405. The number of imidazole rings is 1. The monoisotopic (exact) mass is 221 g/mol. The van der Waals surface area contributed by atoms with Crippen LogP contribution in [0.15, 0.2) is 29.2 Å². The van der Waals surface area contributed by atoms with Crippen LogP contribution in [0.1, 0.15) is 25.5 Å². The van der Waals surface area contributed by atoms with E-state index < -0.39 is 0 Å². The average molecular weight is 221 g/mol. The highest BCUT2D eigenvalue weighted by molar-refractivity contribution is 7.07. The van der Waals surface area contributed by atoms with Crippen molar-refractivity contribution in [2.45, 2.75) is 19.9 Å². The molecule has 0 aliphatic carbocycles. The van der Waals surface area contributed by atoms with E-state index in [9.17, 15) is 0 Å². The minimum atomic E-state index is 0.341. The molecular formula is C11H15N3S. The summed E-state index contributed by atoms with van der Waals surface area (Å²) < 4.78 is 2.16. The van der Waals surface area contributed by atoms with Crippen molar-refractivity contribution in [3.63, 3.8) is 0 Å². The van der Waals surface area contributed by atoms with E-state index in [1.807, 2.05) is 12.4 Å². The fraction of sp³-hybridized carbons (Fsp3) is 0.364. The number of thiophene rings is 1. The van der Waals surface area contributed by atoms with Gasteiger partial charge in [0.15, 0.2) is 0 Å². The minimum absolute atomic E-state index is 0.341. The van der Waals surface area contributed by atoms with E-state index >= 15 is 0 Å². The first kappa shape index (κ1) is 10.2. The van der Waals surface area contributed by atoms with E-state index in [0.717, 1.165) is 12.5 Å². The van der Waals surface area contributed by atoms with E-state index in [-0.39, 0.29) is 0 Å². The van der Waals surface area contributed by atoms with E-state index in [0.29, 0.717) is 6.04 Å². The number of hydrogen-bond donors (Lipinski definition) is 1. The number of nitrogens with zero attached hydrogens (tertiary/aromatic N) is 2. The van der Waals surface area contributed by atoms with Crippen molar-refractivity contribution in [1.82, 2.24) is 9.55 Å². The molecule has 0 spiro atoms. The maximum atomic E-state index is 4.29. The Balaban J connectivity index is 2.25. The van der Waals surface area contributed by atoms with Gasteiger partial charge in [-0.2, -0.15) is 11.3 Å². The van der Waals surface area contributed by atoms with Crippen LogP contribution in [0.2, 0.25) is 0 Å². The summed E-state index contributed by atoms with van der Waals surface area (Å²) in [4.78, 5) is 4.29. The molecular weight excluding hydrogens is 206 g/mol. The Kier molecular flexibility index (Phi) is 3.06. The van der Waals surface area contributed by atoms with Gasteiger partial charge in [-0.05, 0) is 36.2 Å². The zero-order valence-corrected chi connectivity index (χ0v) is 9.79. The van der Waals surface area contributed by atoms with Gasteiger partial charge in [0.05, 0.1) is 6.04 Å². The SMILES string of the molecule is CCNc1nccn1C(C)c1ccsc1. The van der Waals surface area contributed by atoms with Crippen LogP contribution in [0.5, 0.6) is 0 Å². The van der Waals surface area contributed by atoms with Crippen molar-refractivity contribution < 1.29 is 0 Å². The Labute approximate surface area is 93.8 Å². The third-order valence-corrected chi connectivity index (χ3v) is 3.15. The number of nitrogens with one attached hydrogen (secondary N) is 1. The van der Waals surface area contributed by atoms with E-state index in [1.54, 1.807) is 11.3 Å². The number of aromatic nitrogens is 2. The molecule has 0 amide bonds. The molecule has 0 bridgehead atoms. The second-order valence-corrected chi connectivity index (χ2v) is 4.20. The Morgan fingerprint density at radius 1 is 1.60 bits per heavy atom. The summed E-state index contributed by atoms with van der Waals surface area (Å²) in [6.07, 6.45) is 3.85. The molecule has 1 atom stereocenters. The number of hydrogen-bond acceptors (Lipinski definition) is 3. The fourth-order valence-electron chi connectivity index (χ4n) is 1.59. The third kappa shape index (κ3) is 2.04. The average Bonchev–Trinajstić information content (AvgIpc) is 2.87. The number of rotatable bonds is 4. The molecule has 0 radical (unpaired) electrons. The van der Waals surface area contributed by atoms with Gasteiger partial charge in [-0.1, -0.05) is 0 Å². The molecule has 2 rings (SSSR count). The van der Waals surface area contributed by atoms with Crippen molar-refractivity contribution >= 4 is 17.3 Å². The van der Waals surface area contributed by atoms with Crippen molar-refractivity contribution in [3.8, 4) is 0 Å². The largest absolute Gasteiger partial charge is 0.356 e. The first-order valence-electron chi connectivity index (χ1n) is 5.11. The van der Waals surface area contributed by atoms with Crippen LogP contribution in [0.25, 0.3) is 0 Å². The Morgan fingerprint density at radius 3 is 3.13 bits per heavy atom. The summed E-state index contributed by atoms with van der Waals surface area (Å²) in [6, 6.07) is 2.50. The molecule has 0 aliphatic heterocycles. The standard InChI is InChI=1S/C11H15N3S/c1-3-12-11-13-5-6-14(11)9(2)10-4-7-15-8-10/h4-9H,3H2,1-2H3,(H,12,13). The highest BCUT2D eigenvalue weighted by atomic mass is 32.1. The van der Waals surface area contributed by atoms with E-state index in [2.05, 4.69) is 45.5 Å². The molecule has 2 aromatic heterocycles. The second kappa shape index (κ2) is 4.49. The highest BCUT2D eigenvalue weighted by Gasteiger charge is 2.11. The van der Waals surface area contributed by atoms with Crippen LogP contribution >= 0.6 is 11.3 Å². The maximum absolute atomic E-state index is 4.29. The lowest BCUT2D eigenvalue weighted by atomic mass is 10.2. The third-order valence-electron chi connectivity index (χ3n) is 2.45. The molecule has 80 valence electrons. The van der Waals surface area contributed by atoms with Crippen molar-refractivity contribution in [2.24, 2.45) is 0 Å². The van der Waals surface area contributed by atoms with Crippen LogP contribution in [-0.2, 0) is 0 Å². The molecule has 2 heterocycles. The predicted octanol–water partition coefficient (Wildman–Crippen LogP) is 2.99. The molecule has 0 saturated carbocycles. The topological polar surface area (TPSA) is 29.9 Å². The summed E-state index contributed by atoms with van der Waals surface area (Å²) in [7, 11) is 0. The first-order valence-corrected chi connectivity index (χ1v) is 6.06. The van der Waals surface area contributed by atoms with Gasteiger partial charge in [-0.25, -0.2) is 4.98 Å². The van der Waals surface area contributed by atoms with Gasteiger partial charge in [0.1, 0.15) is 0 Å². The zero-order valence-electron chi connectivity index (χ0n) is 8.97. The van der Waals surface area contributed by atoms with Gasteiger partial charge in [0.25, 0.3) is 0 Å².